The fourth-order valence-corrected chi connectivity index (χ4v) is 1.79. The number of ether oxygens (including phenoxy) is 2. The number of amides is 1. The SMILES string of the molecule is CCCCNC(=O)/C(C#N)=C\c1ccc2c(c1)OCO2. The molecule has 104 valence electrons. The molecular formula is C15H16N2O3. The fourth-order valence-electron chi connectivity index (χ4n) is 1.79. The number of carbonyl (C=O) groups is 1. The molecule has 0 fully saturated rings. The van der Waals surface area contributed by atoms with Gasteiger partial charge in [-0.25, -0.2) is 0 Å². The lowest BCUT2D eigenvalue weighted by atomic mass is 10.1. The van der Waals surface area contributed by atoms with E-state index < -0.39 is 0 Å². The van der Waals surface area contributed by atoms with E-state index in [1.165, 1.54) is 0 Å². The first-order chi connectivity index (χ1) is 9.74. The summed E-state index contributed by atoms with van der Waals surface area (Å²) >= 11 is 0. The number of unbranched alkanes of at least 4 members (excludes halogenated alkanes) is 1. The molecule has 0 radical (unpaired) electrons. The minimum atomic E-state index is -0.349. The Balaban J connectivity index is 2.10. The van der Waals surface area contributed by atoms with Crippen LogP contribution >= 0.6 is 0 Å². The Kier molecular flexibility index (Phi) is 4.61. The standard InChI is InChI=1S/C15H16N2O3/c1-2-3-6-17-15(18)12(9-16)7-11-4-5-13-14(8-11)20-10-19-13/h4-5,7-8H,2-3,6,10H2,1H3,(H,17,18)/b12-7-. The van der Waals surface area contributed by atoms with Crippen molar-refractivity contribution in [3.8, 4) is 17.6 Å². The zero-order chi connectivity index (χ0) is 14.4. The number of benzene rings is 1. The van der Waals surface area contributed by atoms with Gasteiger partial charge in [0.25, 0.3) is 5.91 Å². The third-order valence-corrected chi connectivity index (χ3v) is 2.89. The van der Waals surface area contributed by atoms with Crippen LogP contribution in [0.5, 0.6) is 11.5 Å². The molecule has 5 nitrogen and oxygen atoms in total. The van der Waals surface area contributed by atoms with Gasteiger partial charge in [-0.15, -0.1) is 0 Å². The van der Waals surface area contributed by atoms with E-state index in [4.69, 9.17) is 14.7 Å². The quantitative estimate of drug-likeness (QED) is 0.507. The predicted molar refractivity (Wildman–Crippen MR) is 74.1 cm³/mol. The molecule has 1 heterocycles. The predicted octanol–water partition coefficient (Wildman–Crippen LogP) is 2.24. The molecule has 1 aromatic carbocycles. The monoisotopic (exact) mass is 272 g/mol. The number of fused-ring (bicyclic) bond motifs is 1. The molecule has 0 saturated heterocycles. The van der Waals surface area contributed by atoms with Crippen LogP contribution in [0.1, 0.15) is 25.3 Å². The first-order valence-electron chi connectivity index (χ1n) is 6.54. The van der Waals surface area contributed by atoms with Gasteiger partial charge in [-0.1, -0.05) is 19.4 Å². The molecule has 1 amide bonds. The van der Waals surface area contributed by atoms with Crippen molar-refractivity contribution in [3.63, 3.8) is 0 Å². The third-order valence-electron chi connectivity index (χ3n) is 2.89. The van der Waals surface area contributed by atoms with Crippen molar-refractivity contribution in [3.05, 3.63) is 29.3 Å². The molecule has 0 aromatic heterocycles. The van der Waals surface area contributed by atoms with Crippen LogP contribution in [-0.4, -0.2) is 19.2 Å². The van der Waals surface area contributed by atoms with E-state index in [9.17, 15) is 4.79 Å². The Labute approximate surface area is 117 Å². The molecule has 5 heteroatoms. The second kappa shape index (κ2) is 6.62. The highest BCUT2D eigenvalue weighted by Gasteiger charge is 2.14. The number of rotatable bonds is 5. The summed E-state index contributed by atoms with van der Waals surface area (Å²) in [7, 11) is 0. The van der Waals surface area contributed by atoms with E-state index in [0.29, 0.717) is 18.0 Å². The average Bonchev–Trinajstić information content (AvgIpc) is 2.92. The van der Waals surface area contributed by atoms with Gasteiger partial charge in [0, 0.05) is 6.54 Å². The number of hydrogen-bond donors (Lipinski definition) is 1. The molecule has 1 N–H and O–H groups in total. The summed E-state index contributed by atoms with van der Waals surface area (Å²) in [6, 6.07) is 7.21. The van der Waals surface area contributed by atoms with Gasteiger partial charge < -0.3 is 14.8 Å². The van der Waals surface area contributed by atoms with Crippen LogP contribution in [0.25, 0.3) is 6.08 Å². The molecular weight excluding hydrogens is 256 g/mol. The summed E-state index contributed by atoms with van der Waals surface area (Å²) < 4.78 is 10.5. The smallest absolute Gasteiger partial charge is 0.261 e. The van der Waals surface area contributed by atoms with E-state index in [-0.39, 0.29) is 18.3 Å². The van der Waals surface area contributed by atoms with E-state index >= 15 is 0 Å². The van der Waals surface area contributed by atoms with Crippen molar-refractivity contribution in [2.75, 3.05) is 13.3 Å². The Morgan fingerprint density at radius 1 is 1.45 bits per heavy atom. The maximum atomic E-state index is 11.8. The molecule has 0 saturated carbocycles. The molecule has 1 aliphatic heterocycles. The van der Waals surface area contributed by atoms with E-state index in [1.807, 2.05) is 13.0 Å². The maximum absolute atomic E-state index is 11.8. The van der Waals surface area contributed by atoms with Crippen molar-refractivity contribution in [1.29, 1.82) is 5.26 Å². The molecule has 2 rings (SSSR count). The zero-order valence-corrected chi connectivity index (χ0v) is 11.3. The number of carbonyl (C=O) groups excluding carboxylic acids is 1. The van der Waals surface area contributed by atoms with Crippen molar-refractivity contribution >= 4 is 12.0 Å². The zero-order valence-electron chi connectivity index (χ0n) is 11.3. The van der Waals surface area contributed by atoms with Crippen LogP contribution < -0.4 is 14.8 Å². The number of nitriles is 1. The summed E-state index contributed by atoms with van der Waals surface area (Å²) in [6.07, 6.45) is 3.44. The largest absolute Gasteiger partial charge is 0.454 e. The minimum Gasteiger partial charge on any atom is -0.454 e. The molecule has 0 bridgehead atoms. The van der Waals surface area contributed by atoms with Gasteiger partial charge in [0.15, 0.2) is 11.5 Å². The van der Waals surface area contributed by atoms with Crippen LogP contribution in [0, 0.1) is 11.3 Å². The fraction of sp³-hybridized carbons (Fsp3) is 0.333. The summed E-state index contributed by atoms with van der Waals surface area (Å²) in [5.41, 5.74) is 0.816. The van der Waals surface area contributed by atoms with Gasteiger partial charge in [-0.05, 0) is 30.2 Å². The molecule has 0 unspecified atom stereocenters. The molecule has 1 aromatic rings. The van der Waals surface area contributed by atoms with Crippen LogP contribution in [-0.2, 0) is 4.79 Å². The van der Waals surface area contributed by atoms with Crippen molar-refractivity contribution in [1.82, 2.24) is 5.32 Å². The highest BCUT2D eigenvalue weighted by atomic mass is 16.7. The lowest BCUT2D eigenvalue weighted by molar-refractivity contribution is -0.117. The van der Waals surface area contributed by atoms with Crippen LogP contribution in [0.2, 0.25) is 0 Å². The highest BCUT2D eigenvalue weighted by molar-refractivity contribution is 6.01. The average molecular weight is 272 g/mol. The van der Waals surface area contributed by atoms with E-state index in [0.717, 1.165) is 18.4 Å². The van der Waals surface area contributed by atoms with Crippen LogP contribution in [0.3, 0.4) is 0 Å². The maximum Gasteiger partial charge on any atom is 0.261 e. The normalized spacial score (nSPS) is 12.9. The van der Waals surface area contributed by atoms with E-state index in [1.54, 1.807) is 24.3 Å². The van der Waals surface area contributed by atoms with Gasteiger partial charge in [-0.2, -0.15) is 5.26 Å². The second-order valence-electron chi connectivity index (χ2n) is 4.39. The van der Waals surface area contributed by atoms with Gasteiger partial charge in [0.2, 0.25) is 6.79 Å². The molecule has 0 aliphatic carbocycles. The first-order valence-corrected chi connectivity index (χ1v) is 6.54. The number of nitrogens with one attached hydrogen (secondary N) is 1. The van der Waals surface area contributed by atoms with Gasteiger partial charge >= 0.3 is 0 Å². The lowest BCUT2D eigenvalue weighted by Crippen LogP contribution is -2.25. The highest BCUT2D eigenvalue weighted by Crippen LogP contribution is 2.33. The summed E-state index contributed by atoms with van der Waals surface area (Å²) in [5.74, 6) is 0.953. The second-order valence-corrected chi connectivity index (χ2v) is 4.39. The third kappa shape index (κ3) is 3.29. The van der Waals surface area contributed by atoms with Crippen molar-refractivity contribution in [2.45, 2.75) is 19.8 Å². The van der Waals surface area contributed by atoms with Crippen molar-refractivity contribution < 1.29 is 14.3 Å². The minimum absolute atomic E-state index is 0.0833. The molecule has 0 atom stereocenters. The van der Waals surface area contributed by atoms with Crippen molar-refractivity contribution in [2.24, 2.45) is 0 Å². The van der Waals surface area contributed by atoms with Crippen LogP contribution in [0.4, 0.5) is 0 Å². The molecule has 0 spiro atoms. The first kappa shape index (κ1) is 13.9. The Bertz CT molecular complexity index is 573. The van der Waals surface area contributed by atoms with Gasteiger partial charge in [-0.3, -0.25) is 4.79 Å². The Morgan fingerprint density at radius 3 is 3.00 bits per heavy atom. The summed E-state index contributed by atoms with van der Waals surface area (Å²) in [6.45, 7) is 2.82. The molecule has 1 aliphatic rings. The number of hydrogen-bond acceptors (Lipinski definition) is 4. The van der Waals surface area contributed by atoms with Gasteiger partial charge in [0.05, 0.1) is 0 Å². The summed E-state index contributed by atoms with van der Waals surface area (Å²) in [5, 5.41) is 11.8. The van der Waals surface area contributed by atoms with Gasteiger partial charge in [0.1, 0.15) is 11.6 Å². The topological polar surface area (TPSA) is 71.4 Å². The number of nitrogens with zero attached hydrogens (tertiary/aromatic N) is 1. The molecule has 20 heavy (non-hydrogen) atoms. The summed E-state index contributed by atoms with van der Waals surface area (Å²) in [4.78, 5) is 11.8. The Hall–Kier alpha value is -2.48. The Morgan fingerprint density at radius 2 is 2.25 bits per heavy atom. The lowest BCUT2D eigenvalue weighted by Gasteiger charge is -2.03. The van der Waals surface area contributed by atoms with Crippen LogP contribution in [0.15, 0.2) is 23.8 Å². The van der Waals surface area contributed by atoms with E-state index in [2.05, 4.69) is 5.32 Å².